The van der Waals surface area contributed by atoms with Gasteiger partial charge in [0.05, 0.1) is 38.1 Å². The third-order valence-corrected chi connectivity index (χ3v) is 7.26. The summed E-state index contributed by atoms with van der Waals surface area (Å²) in [5, 5.41) is 59.8. The highest BCUT2D eigenvalue weighted by atomic mass is 16.8. The average molecular weight is 512 g/mol. The van der Waals surface area contributed by atoms with Crippen molar-refractivity contribution in [2.24, 2.45) is 11.8 Å². The number of carbonyl (C=O) groups excluding carboxylic acids is 1. The Hall–Kier alpha value is -2.49. The molecule has 5 rings (SSSR count). The fraction of sp³-hybridized carbons (Fsp3) is 0.609. The van der Waals surface area contributed by atoms with E-state index in [1.165, 1.54) is 31.6 Å². The highest BCUT2D eigenvalue weighted by Crippen LogP contribution is 2.60. The first-order chi connectivity index (χ1) is 17.2. The van der Waals surface area contributed by atoms with Crippen molar-refractivity contribution in [2.75, 3.05) is 20.3 Å². The molecule has 0 spiro atoms. The first-order valence-electron chi connectivity index (χ1n) is 11.4. The van der Waals surface area contributed by atoms with E-state index in [0.717, 1.165) is 0 Å². The van der Waals surface area contributed by atoms with Gasteiger partial charge in [0.25, 0.3) is 0 Å². The molecule has 6 N–H and O–H groups in total. The van der Waals surface area contributed by atoms with Gasteiger partial charge in [0.15, 0.2) is 17.8 Å². The quantitative estimate of drug-likeness (QED) is 0.173. The Morgan fingerprint density at radius 2 is 1.89 bits per heavy atom. The highest BCUT2D eigenvalue weighted by Gasteiger charge is 2.77. The molecule has 11 atom stereocenters. The van der Waals surface area contributed by atoms with Gasteiger partial charge < -0.3 is 59.1 Å². The van der Waals surface area contributed by atoms with Gasteiger partial charge in [-0.25, -0.2) is 4.79 Å². The smallest absolute Gasteiger partial charge is 0.338 e. The molecule has 0 radical (unpaired) electrons. The minimum Gasteiger partial charge on any atom is -0.504 e. The van der Waals surface area contributed by atoms with Crippen molar-refractivity contribution in [2.45, 2.75) is 54.8 Å². The number of esters is 1. The van der Waals surface area contributed by atoms with Gasteiger partial charge in [-0.15, -0.1) is 0 Å². The van der Waals surface area contributed by atoms with E-state index in [1.807, 2.05) is 0 Å². The summed E-state index contributed by atoms with van der Waals surface area (Å²) in [6.07, 6.45) is -7.19. The summed E-state index contributed by atoms with van der Waals surface area (Å²) in [6.45, 7) is -1.07. The number of fused-ring (bicyclic) bond motifs is 3. The second kappa shape index (κ2) is 9.43. The Morgan fingerprint density at radius 1 is 1.11 bits per heavy atom. The van der Waals surface area contributed by atoms with Crippen LogP contribution in [0.4, 0.5) is 0 Å². The summed E-state index contributed by atoms with van der Waals surface area (Å²) in [5.74, 6) is -1.95. The number of methoxy groups -OCH3 is 1. The SMILES string of the molecule is COc1cc(C(=O)O[C@H]2[C@@H]3C=CO[C@@H](O[C@@H]4O[C@H](CO)C(O)[C@H](O)C4O)[C@@H]3C3(CO)O[C@@H]23)ccc1O. The Kier molecular flexibility index (Phi) is 6.59. The van der Waals surface area contributed by atoms with Gasteiger partial charge >= 0.3 is 5.97 Å². The van der Waals surface area contributed by atoms with Gasteiger partial charge in [0.2, 0.25) is 6.29 Å². The van der Waals surface area contributed by atoms with Crippen molar-refractivity contribution >= 4 is 5.97 Å². The molecule has 3 aliphatic heterocycles. The summed E-state index contributed by atoms with van der Waals surface area (Å²) in [7, 11) is 1.35. The number of aliphatic hydroxyl groups is 5. The molecule has 3 unspecified atom stereocenters. The average Bonchev–Trinajstić information content (AvgIpc) is 3.56. The number of rotatable bonds is 7. The largest absolute Gasteiger partial charge is 0.504 e. The number of aromatic hydroxyl groups is 1. The molecule has 0 bridgehead atoms. The van der Waals surface area contributed by atoms with Crippen molar-refractivity contribution < 1.29 is 63.9 Å². The van der Waals surface area contributed by atoms with E-state index in [-0.39, 0.29) is 17.1 Å². The number of ether oxygens (including phenoxy) is 6. The lowest BCUT2D eigenvalue weighted by Crippen LogP contribution is -2.60. The number of carbonyl (C=O) groups is 1. The lowest BCUT2D eigenvalue weighted by molar-refractivity contribution is -0.344. The highest BCUT2D eigenvalue weighted by molar-refractivity contribution is 5.90. The molecule has 198 valence electrons. The van der Waals surface area contributed by atoms with E-state index in [9.17, 15) is 35.4 Å². The van der Waals surface area contributed by atoms with Crippen molar-refractivity contribution in [1.82, 2.24) is 0 Å². The Morgan fingerprint density at radius 3 is 2.58 bits per heavy atom. The van der Waals surface area contributed by atoms with E-state index < -0.39 is 85.8 Å². The molecule has 0 amide bonds. The molecule has 1 aliphatic carbocycles. The zero-order valence-electron chi connectivity index (χ0n) is 19.1. The maximum Gasteiger partial charge on any atom is 0.338 e. The third-order valence-electron chi connectivity index (χ3n) is 7.26. The molecule has 13 nitrogen and oxygen atoms in total. The lowest BCUT2D eigenvalue weighted by Gasteiger charge is -2.43. The normalized spacial score (nSPS) is 42.7. The Bertz CT molecular complexity index is 1010. The molecule has 4 aliphatic rings. The fourth-order valence-electron chi connectivity index (χ4n) is 5.28. The number of aliphatic hydroxyl groups excluding tert-OH is 5. The van der Waals surface area contributed by atoms with E-state index in [4.69, 9.17) is 28.4 Å². The molecule has 36 heavy (non-hydrogen) atoms. The zero-order valence-corrected chi connectivity index (χ0v) is 19.1. The van der Waals surface area contributed by atoms with Crippen LogP contribution in [0, 0.1) is 11.8 Å². The van der Waals surface area contributed by atoms with Gasteiger partial charge in [-0.05, 0) is 24.3 Å². The first kappa shape index (κ1) is 25.2. The predicted octanol–water partition coefficient (Wildman–Crippen LogP) is -2.01. The van der Waals surface area contributed by atoms with Gasteiger partial charge in [-0.3, -0.25) is 0 Å². The van der Waals surface area contributed by atoms with Crippen LogP contribution in [0.2, 0.25) is 0 Å². The van der Waals surface area contributed by atoms with Crippen molar-refractivity contribution in [1.29, 1.82) is 0 Å². The van der Waals surface area contributed by atoms with Gasteiger partial charge in [0.1, 0.15) is 42.2 Å². The van der Waals surface area contributed by atoms with Crippen LogP contribution in [0.1, 0.15) is 10.4 Å². The molecule has 3 heterocycles. The van der Waals surface area contributed by atoms with Gasteiger partial charge in [-0.1, -0.05) is 0 Å². The summed E-state index contributed by atoms with van der Waals surface area (Å²) in [4.78, 5) is 12.9. The first-order valence-corrected chi connectivity index (χ1v) is 11.4. The number of epoxide rings is 1. The van der Waals surface area contributed by atoms with Crippen molar-refractivity contribution in [3.63, 3.8) is 0 Å². The number of phenolic OH excluding ortho intramolecular Hbond substituents is 1. The second-order valence-corrected chi connectivity index (χ2v) is 9.18. The molecular formula is C23H28O13. The van der Waals surface area contributed by atoms with Crippen molar-refractivity contribution in [3.05, 3.63) is 36.1 Å². The van der Waals surface area contributed by atoms with E-state index in [0.29, 0.717) is 0 Å². The molecule has 3 fully saturated rings. The predicted molar refractivity (Wildman–Crippen MR) is 114 cm³/mol. The zero-order chi connectivity index (χ0) is 25.8. The monoisotopic (exact) mass is 512 g/mol. The molecule has 1 aromatic rings. The van der Waals surface area contributed by atoms with Crippen LogP contribution in [0.5, 0.6) is 11.5 Å². The summed E-state index contributed by atoms with van der Waals surface area (Å²) in [6, 6.07) is 4.02. The van der Waals surface area contributed by atoms with E-state index >= 15 is 0 Å². The van der Waals surface area contributed by atoms with Crippen LogP contribution in [0.15, 0.2) is 30.5 Å². The van der Waals surface area contributed by atoms with E-state index in [2.05, 4.69) is 0 Å². The topological polar surface area (TPSA) is 197 Å². The maximum absolute atomic E-state index is 12.9. The minimum absolute atomic E-state index is 0.0973. The molecule has 1 aromatic carbocycles. The number of benzene rings is 1. The molecule has 2 saturated heterocycles. The third kappa shape index (κ3) is 3.92. The molecular weight excluding hydrogens is 484 g/mol. The van der Waals surface area contributed by atoms with Gasteiger partial charge in [-0.2, -0.15) is 0 Å². The summed E-state index contributed by atoms with van der Waals surface area (Å²) in [5.41, 5.74) is -1.03. The standard InChI is InChI=1S/C23H28O13/c1-31-12-6-9(2-3-11(12)26)20(30)34-18-10-4-5-32-21(14(10)23(8-25)19(18)36-23)35-22-17(29)16(28)15(27)13(7-24)33-22/h2-6,10,13-19,21-22,24-29H,7-8H2,1H3/t10-,13-,14-,15?,16+,17?,18+,19+,21+,22+,23?/m1/s1. The van der Waals surface area contributed by atoms with Crippen LogP contribution in [-0.2, 0) is 23.7 Å². The van der Waals surface area contributed by atoms with Crippen LogP contribution < -0.4 is 4.74 Å². The second-order valence-electron chi connectivity index (χ2n) is 9.18. The Balaban J connectivity index is 1.35. The number of hydrogen-bond donors (Lipinski definition) is 6. The van der Waals surface area contributed by atoms with Crippen LogP contribution in [0.25, 0.3) is 0 Å². The summed E-state index contributed by atoms with van der Waals surface area (Å²) >= 11 is 0. The number of hydrogen-bond acceptors (Lipinski definition) is 13. The van der Waals surface area contributed by atoms with Crippen LogP contribution in [0.3, 0.4) is 0 Å². The minimum atomic E-state index is -1.66. The molecule has 1 saturated carbocycles. The Labute approximate surface area is 205 Å². The fourth-order valence-corrected chi connectivity index (χ4v) is 5.28. The van der Waals surface area contributed by atoms with Crippen molar-refractivity contribution in [3.8, 4) is 11.5 Å². The molecule has 13 heteroatoms. The molecule has 0 aromatic heterocycles. The van der Waals surface area contributed by atoms with E-state index in [1.54, 1.807) is 6.08 Å². The number of phenols is 1. The van der Waals surface area contributed by atoms with Gasteiger partial charge in [0, 0.05) is 5.92 Å². The maximum atomic E-state index is 12.9. The van der Waals surface area contributed by atoms with Crippen LogP contribution >= 0.6 is 0 Å². The van der Waals surface area contributed by atoms with Crippen LogP contribution in [-0.4, -0.2) is 112 Å². The lowest BCUT2D eigenvalue weighted by atomic mass is 9.85. The summed E-state index contributed by atoms with van der Waals surface area (Å²) < 4.78 is 33.4.